The number of rotatable bonds is 5. The molecular formula is C24H33FN2O5. The third kappa shape index (κ3) is 3.75. The molecule has 8 heteroatoms. The first-order valence-electron chi connectivity index (χ1n) is 11.9. The van der Waals surface area contributed by atoms with Crippen LogP contribution in [0.3, 0.4) is 0 Å². The summed E-state index contributed by atoms with van der Waals surface area (Å²) in [4.78, 5) is 28.5. The first-order chi connectivity index (χ1) is 15.3. The van der Waals surface area contributed by atoms with E-state index in [0.717, 1.165) is 31.9 Å². The lowest BCUT2D eigenvalue weighted by Crippen LogP contribution is -2.70. The summed E-state index contributed by atoms with van der Waals surface area (Å²) in [5, 5.41) is 2.86. The highest BCUT2D eigenvalue weighted by atomic mass is 19.1. The Labute approximate surface area is 188 Å². The molecule has 5 fully saturated rings. The second kappa shape index (κ2) is 8.31. The summed E-state index contributed by atoms with van der Waals surface area (Å²) < 4.78 is 25.9. The molecule has 1 aromatic heterocycles. The van der Waals surface area contributed by atoms with Crippen molar-refractivity contribution in [3.05, 3.63) is 29.8 Å². The van der Waals surface area contributed by atoms with Crippen molar-refractivity contribution in [2.24, 2.45) is 23.7 Å². The van der Waals surface area contributed by atoms with Crippen molar-refractivity contribution in [2.45, 2.75) is 89.6 Å². The van der Waals surface area contributed by atoms with Crippen LogP contribution in [0.5, 0.6) is 0 Å². The molecule has 6 rings (SSSR count). The number of amides is 1. The van der Waals surface area contributed by atoms with Gasteiger partial charge < -0.3 is 14.8 Å². The molecule has 1 aliphatic carbocycles. The molecule has 2 bridgehead atoms. The Kier molecular flexibility index (Phi) is 5.76. The molecule has 32 heavy (non-hydrogen) atoms. The Bertz CT molecular complexity index is 853. The first-order valence-corrected chi connectivity index (χ1v) is 11.9. The molecule has 0 aromatic carbocycles. The van der Waals surface area contributed by atoms with Gasteiger partial charge in [-0.25, -0.2) is 14.2 Å². The van der Waals surface area contributed by atoms with Gasteiger partial charge in [-0.05, 0) is 62.5 Å². The first kappa shape index (κ1) is 22.2. The number of hydrogen-bond acceptors (Lipinski definition) is 6. The number of carbonyl (C=O) groups excluding carboxylic acids is 1. The molecule has 5 heterocycles. The van der Waals surface area contributed by atoms with E-state index in [9.17, 15) is 9.18 Å². The number of carbonyl (C=O) groups is 1. The van der Waals surface area contributed by atoms with Crippen LogP contribution in [-0.4, -0.2) is 34.7 Å². The molecule has 1 unspecified atom stereocenters. The van der Waals surface area contributed by atoms with E-state index >= 15 is 0 Å². The number of hydrogen-bond donors (Lipinski definition) is 1. The maximum atomic E-state index is 13.0. The van der Waals surface area contributed by atoms with Gasteiger partial charge in [-0.1, -0.05) is 13.8 Å². The fourth-order valence-electron chi connectivity index (χ4n) is 6.37. The van der Waals surface area contributed by atoms with Crippen LogP contribution >= 0.6 is 0 Å². The van der Waals surface area contributed by atoms with Gasteiger partial charge in [0.05, 0.1) is 24.5 Å². The van der Waals surface area contributed by atoms with Crippen molar-refractivity contribution >= 4 is 5.91 Å². The van der Waals surface area contributed by atoms with E-state index in [4.69, 9.17) is 19.2 Å². The van der Waals surface area contributed by atoms with Gasteiger partial charge in [0.2, 0.25) is 11.7 Å². The topological polar surface area (TPSA) is 78.9 Å². The minimum absolute atomic E-state index is 0.0720. The lowest BCUT2D eigenvalue weighted by Gasteiger charge is -2.60. The van der Waals surface area contributed by atoms with E-state index in [1.54, 1.807) is 6.07 Å². The zero-order valence-corrected chi connectivity index (χ0v) is 19.0. The van der Waals surface area contributed by atoms with E-state index in [0.29, 0.717) is 30.4 Å². The average Bonchev–Trinajstić information content (AvgIpc) is 3.01. The second-order valence-electron chi connectivity index (χ2n) is 10.2. The molecule has 1 saturated carbocycles. The predicted molar refractivity (Wildman–Crippen MR) is 112 cm³/mol. The van der Waals surface area contributed by atoms with Crippen molar-refractivity contribution < 1.29 is 28.4 Å². The molecule has 5 aliphatic rings. The highest BCUT2D eigenvalue weighted by Gasteiger charge is 2.69. The molecule has 1 N–H and O–H groups in total. The standard InChI is InChI=1S/C24H33FN2O5/c1-14-4-7-19-15(2)20(8-9-21(28)27-13-17-6-5-16(25)12-26-17)29-22-24(19)18(14)10-11-23(3,30-22)31-32-24/h5-6,12,14-15,18-20,22H,4,7-11,13H2,1-3H3,(H,27,28)/t14-,15-,18+,19+,20-,22-,23?,24-/m1/s1. The van der Waals surface area contributed by atoms with E-state index in [2.05, 4.69) is 24.1 Å². The molecule has 4 saturated heterocycles. The molecule has 176 valence electrons. The fourth-order valence-corrected chi connectivity index (χ4v) is 6.37. The zero-order valence-electron chi connectivity index (χ0n) is 19.0. The van der Waals surface area contributed by atoms with Crippen LogP contribution in [0.4, 0.5) is 4.39 Å². The minimum Gasteiger partial charge on any atom is -0.350 e. The molecule has 7 nitrogen and oxygen atoms in total. The monoisotopic (exact) mass is 448 g/mol. The lowest BCUT2D eigenvalue weighted by atomic mass is 9.57. The Morgan fingerprint density at radius 1 is 1.22 bits per heavy atom. The average molecular weight is 449 g/mol. The molecule has 8 atom stereocenters. The SMILES string of the molecule is C[C@H]1[C@@H](CCC(=O)NCc2ccc(F)cn2)O[C@@H]2OC3(C)CC[C@H]4[C@H](C)CC[C@@H]1[C@@]24OO3. The highest BCUT2D eigenvalue weighted by Crippen LogP contribution is 2.60. The predicted octanol–water partition coefficient (Wildman–Crippen LogP) is 3.87. The van der Waals surface area contributed by atoms with Crippen molar-refractivity contribution in [3.8, 4) is 0 Å². The van der Waals surface area contributed by atoms with Gasteiger partial charge in [-0.3, -0.25) is 9.78 Å². The number of pyridine rings is 1. The van der Waals surface area contributed by atoms with Crippen molar-refractivity contribution in [2.75, 3.05) is 0 Å². The largest absolute Gasteiger partial charge is 0.350 e. The minimum atomic E-state index is -0.789. The van der Waals surface area contributed by atoms with Crippen LogP contribution in [0.1, 0.15) is 65.0 Å². The number of fused-ring (bicyclic) bond motifs is 2. The van der Waals surface area contributed by atoms with Crippen LogP contribution in [0.15, 0.2) is 18.3 Å². The van der Waals surface area contributed by atoms with Gasteiger partial charge >= 0.3 is 0 Å². The van der Waals surface area contributed by atoms with Crippen LogP contribution in [-0.2, 0) is 30.6 Å². The Hall–Kier alpha value is -1.61. The van der Waals surface area contributed by atoms with Gasteiger partial charge in [0.1, 0.15) is 5.82 Å². The summed E-state index contributed by atoms with van der Waals surface area (Å²) in [6.45, 7) is 6.70. The quantitative estimate of drug-likeness (QED) is 0.689. The van der Waals surface area contributed by atoms with Crippen LogP contribution in [0, 0.1) is 29.5 Å². The summed E-state index contributed by atoms with van der Waals surface area (Å²) in [6.07, 6.45) is 5.53. The third-order valence-corrected chi connectivity index (χ3v) is 8.21. The van der Waals surface area contributed by atoms with Crippen molar-refractivity contribution in [1.82, 2.24) is 10.3 Å². The molecule has 1 amide bonds. The van der Waals surface area contributed by atoms with Gasteiger partial charge in [0, 0.05) is 18.8 Å². The summed E-state index contributed by atoms with van der Waals surface area (Å²) in [6, 6.07) is 2.91. The van der Waals surface area contributed by atoms with Crippen molar-refractivity contribution in [3.63, 3.8) is 0 Å². The Morgan fingerprint density at radius 3 is 2.84 bits per heavy atom. The normalized spacial score (nSPS) is 42.8. The smallest absolute Gasteiger partial charge is 0.220 e. The molecular weight excluding hydrogens is 415 g/mol. The summed E-state index contributed by atoms with van der Waals surface area (Å²) >= 11 is 0. The fraction of sp³-hybridized carbons (Fsp3) is 0.750. The molecule has 1 spiro atoms. The maximum absolute atomic E-state index is 13.0. The number of nitrogens with one attached hydrogen (secondary N) is 1. The molecule has 1 aromatic rings. The maximum Gasteiger partial charge on any atom is 0.220 e. The summed E-state index contributed by atoms with van der Waals surface area (Å²) in [5.74, 6) is 0.104. The van der Waals surface area contributed by atoms with Crippen LogP contribution in [0.2, 0.25) is 0 Å². The third-order valence-electron chi connectivity index (χ3n) is 8.21. The van der Waals surface area contributed by atoms with E-state index in [1.807, 2.05) is 6.92 Å². The van der Waals surface area contributed by atoms with E-state index in [1.165, 1.54) is 6.07 Å². The van der Waals surface area contributed by atoms with Gasteiger partial charge in [-0.15, -0.1) is 0 Å². The van der Waals surface area contributed by atoms with Gasteiger partial charge in [-0.2, -0.15) is 0 Å². The van der Waals surface area contributed by atoms with Gasteiger partial charge in [0.15, 0.2) is 11.9 Å². The molecule has 4 aliphatic heterocycles. The lowest BCUT2D eigenvalue weighted by molar-refractivity contribution is -0.571. The molecule has 0 radical (unpaired) electrons. The van der Waals surface area contributed by atoms with Crippen LogP contribution < -0.4 is 5.32 Å². The van der Waals surface area contributed by atoms with Crippen molar-refractivity contribution in [1.29, 1.82) is 0 Å². The van der Waals surface area contributed by atoms with Gasteiger partial charge in [0.25, 0.3) is 0 Å². The summed E-state index contributed by atoms with van der Waals surface area (Å²) in [5.41, 5.74) is 0.0553. The zero-order chi connectivity index (χ0) is 22.5. The number of aromatic nitrogens is 1. The highest BCUT2D eigenvalue weighted by molar-refractivity contribution is 5.75. The summed E-state index contributed by atoms with van der Waals surface area (Å²) in [7, 11) is 0. The second-order valence-corrected chi connectivity index (χ2v) is 10.2. The number of ether oxygens (including phenoxy) is 2. The van der Waals surface area contributed by atoms with Crippen LogP contribution in [0.25, 0.3) is 0 Å². The number of nitrogens with zero attached hydrogens (tertiary/aromatic N) is 1. The number of halogens is 1. The Balaban J connectivity index is 1.25. The Morgan fingerprint density at radius 2 is 2.06 bits per heavy atom. The van der Waals surface area contributed by atoms with E-state index < -0.39 is 23.5 Å². The van der Waals surface area contributed by atoms with E-state index in [-0.39, 0.29) is 30.4 Å².